The van der Waals surface area contributed by atoms with Gasteiger partial charge in [-0.2, -0.15) is 0 Å². The lowest BCUT2D eigenvalue weighted by Crippen LogP contribution is -2.59. The van der Waals surface area contributed by atoms with Crippen molar-refractivity contribution in [2.24, 2.45) is 10.7 Å². The molecule has 2 saturated heterocycles. The van der Waals surface area contributed by atoms with Gasteiger partial charge in [0.05, 0.1) is 24.7 Å². The third-order valence-electron chi connectivity index (χ3n) is 5.83. The number of hydrogen-bond donors (Lipinski definition) is 5. The van der Waals surface area contributed by atoms with Crippen LogP contribution >= 0.6 is 11.6 Å². The summed E-state index contributed by atoms with van der Waals surface area (Å²) in [6.45, 7) is 2.27. The summed E-state index contributed by atoms with van der Waals surface area (Å²) in [7, 11) is 0. The first kappa shape index (κ1) is 21.1. The lowest BCUT2D eigenvalue weighted by molar-refractivity contribution is -0.144. The summed E-state index contributed by atoms with van der Waals surface area (Å²) in [5, 5.41) is 10.5. The third kappa shape index (κ3) is 4.04. The molecule has 5 rings (SSSR count). The zero-order valence-corrected chi connectivity index (χ0v) is 18.0. The van der Waals surface area contributed by atoms with E-state index in [1.807, 2.05) is 0 Å². The van der Waals surface area contributed by atoms with E-state index >= 15 is 0 Å². The van der Waals surface area contributed by atoms with E-state index in [0.717, 1.165) is 17.5 Å². The second-order valence-electron chi connectivity index (χ2n) is 8.18. The Morgan fingerprint density at radius 2 is 2.34 bits per heavy atom. The normalized spacial score (nSPS) is 26.3. The number of carbonyl (C=O) groups excluding carboxylic acids is 1. The Morgan fingerprint density at radius 3 is 3.16 bits per heavy atom. The summed E-state index contributed by atoms with van der Waals surface area (Å²) in [5.74, 6) is 0.0501. The van der Waals surface area contributed by atoms with Crippen molar-refractivity contribution in [3.05, 3.63) is 40.7 Å². The molecule has 2 fully saturated rings. The van der Waals surface area contributed by atoms with Gasteiger partial charge in [0.25, 0.3) is 5.91 Å². The van der Waals surface area contributed by atoms with E-state index in [9.17, 15) is 9.18 Å². The number of H-pyrrole nitrogens is 1. The number of halogens is 2. The Balaban J connectivity index is 1.28. The number of aliphatic imine (C=N–C) groups is 1. The highest BCUT2D eigenvalue weighted by Gasteiger charge is 2.40. The number of carbonyl (C=O) groups is 1. The summed E-state index contributed by atoms with van der Waals surface area (Å²) < 4.78 is 20.2. The monoisotopic (exact) mass is 462 g/mol. The molecule has 170 valence electrons. The molecule has 10 nitrogen and oxygen atoms in total. The van der Waals surface area contributed by atoms with Gasteiger partial charge in [0.15, 0.2) is 5.83 Å². The van der Waals surface area contributed by atoms with Gasteiger partial charge in [-0.25, -0.2) is 9.37 Å². The van der Waals surface area contributed by atoms with Crippen molar-refractivity contribution in [3.8, 4) is 0 Å². The SMILES string of the molecule is N[C@]1(NC2=C(F)CN=C(c3c[nH]c4ncc(Cl)cc34)N2)CCN(C(=O)C2CNCCO2)C1. The van der Waals surface area contributed by atoms with Crippen molar-refractivity contribution in [1.82, 2.24) is 30.8 Å². The topological polar surface area (TPSA) is 133 Å². The molecule has 3 aliphatic rings. The largest absolute Gasteiger partial charge is 0.366 e. The Labute approximate surface area is 188 Å². The molecule has 3 aliphatic heterocycles. The summed E-state index contributed by atoms with van der Waals surface area (Å²) in [6.07, 6.45) is 3.24. The van der Waals surface area contributed by atoms with Crippen LogP contribution in [-0.4, -0.2) is 77.7 Å². The van der Waals surface area contributed by atoms with Gasteiger partial charge in [0.2, 0.25) is 0 Å². The van der Waals surface area contributed by atoms with Crippen molar-refractivity contribution in [2.45, 2.75) is 18.2 Å². The fourth-order valence-corrected chi connectivity index (χ4v) is 4.34. The van der Waals surface area contributed by atoms with Crippen LogP contribution in [0.25, 0.3) is 11.0 Å². The van der Waals surface area contributed by atoms with Crippen LogP contribution in [0.4, 0.5) is 4.39 Å². The predicted molar refractivity (Wildman–Crippen MR) is 118 cm³/mol. The minimum Gasteiger partial charge on any atom is -0.366 e. The summed E-state index contributed by atoms with van der Waals surface area (Å²) in [5.41, 5.74) is 6.90. The molecule has 32 heavy (non-hydrogen) atoms. The Hall–Kier alpha value is -2.73. The van der Waals surface area contributed by atoms with Gasteiger partial charge in [0.1, 0.15) is 29.1 Å². The second-order valence-corrected chi connectivity index (χ2v) is 8.61. The van der Waals surface area contributed by atoms with Crippen LogP contribution in [0.5, 0.6) is 0 Å². The van der Waals surface area contributed by atoms with Crippen LogP contribution in [0.15, 0.2) is 35.1 Å². The molecular weight excluding hydrogens is 439 g/mol. The van der Waals surface area contributed by atoms with Gasteiger partial charge in [-0.1, -0.05) is 11.6 Å². The fraction of sp³-hybridized carbons (Fsp3) is 0.450. The number of ether oxygens (including phenoxy) is 1. The average Bonchev–Trinajstić information content (AvgIpc) is 3.39. The maximum absolute atomic E-state index is 14.7. The second kappa shape index (κ2) is 8.32. The molecule has 0 aliphatic carbocycles. The van der Waals surface area contributed by atoms with Gasteiger partial charge < -0.3 is 36.3 Å². The number of morpholine rings is 1. The van der Waals surface area contributed by atoms with Crippen LogP contribution in [0.3, 0.4) is 0 Å². The van der Waals surface area contributed by atoms with Crippen molar-refractivity contribution in [3.63, 3.8) is 0 Å². The number of nitrogens with one attached hydrogen (secondary N) is 4. The first-order valence-electron chi connectivity index (χ1n) is 10.4. The number of likely N-dealkylation sites (tertiary alicyclic amines) is 1. The Bertz CT molecular complexity index is 1110. The Kier molecular flexibility index (Phi) is 5.49. The minimum absolute atomic E-state index is 0.109. The molecule has 0 spiro atoms. The zero-order valence-electron chi connectivity index (χ0n) is 17.3. The molecule has 2 aromatic rings. The molecular formula is C20H24ClFN8O2. The van der Waals surface area contributed by atoms with Crippen molar-refractivity contribution in [1.29, 1.82) is 0 Å². The first-order valence-corrected chi connectivity index (χ1v) is 10.8. The van der Waals surface area contributed by atoms with Crippen molar-refractivity contribution >= 4 is 34.4 Å². The molecule has 0 bridgehead atoms. The average molecular weight is 463 g/mol. The first-order chi connectivity index (χ1) is 15.4. The van der Waals surface area contributed by atoms with Gasteiger partial charge >= 0.3 is 0 Å². The van der Waals surface area contributed by atoms with Gasteiger partial charge in [-0.15, -0.1) is 0 Å². The van der Waals surface area contributed by atoms with Crippen LogP contribution in [0, 0.1) is 0 Å². The maximum Gasteiger partial charge on any atom is 0.253 e. The number of hydrogen-bond acceptors (Lipinski definition) is 8. The van der Waals surface area contributed by atoms with Gasteiger partial charge in [-0.3, -0.25) is 9.79 Å². The third-order valence-corrected chi connectivity index (χ3v) is 6.04. The smallest absolute Gasteiger partial charge is 0.253 e. The van der Waals surface area contributed by atoms with E-state index < -0.39 is 17.6 Å². The molecule has 12 heteroatoms. The van der Waals surface area contributed by atoms with E-state index in [1.54, 1.807) is 23.4 Å². The summed E-state index contributed by atoms with van der Waals surface area (Å²) in [4.78, 5) is 26.0. The lowest BCUT2D eigenvalue weighted by Gasteiger charge is -2.32. The highest BCUT2D eigenvalue weighted by atomic mass is 35.5. The van der Waals surface area contributed by atoms with E-state index in [1.165, 1.54) is 0 Å². The van der Waals surface area contributed by atoms with Crippen LogP contribution in [0.2, 0.25) is 5.02 Å². The van der Waals surface area contributed by atoms with Gasteiger partial charge in [-0.05, 0) is 6.07 Å². The predicted octanol–water partition coefficient (Wildman–Crippen LogP) is 0.170. The number of aromatic nitrogens is 2. The zero-order chi connectivity index (χ0) is 22.3. The number of fused-ring (bicyclic) bond motifs is 1. The molecule has 1 amide bonds. The highest BCUT2D eigenvalue weighted by Crippen LogP contribution is 2.24. The number of pyridine rings is 1. The Morgan fingerprint density at radius 1 is 1.47 bits per heavy atom. The van der Waals surface area contributed by atoms with E-state index in [0.29, 0.717) is 42.6 Å². The number of nitrogens with two attached hydrogens (primary N) is 1. The van der Waals surface area contributed by atoms with E-state index in [-0.39, 0.29) is 24.8 Å². The van der Waals surface area contributed by atoms with Gasteiger partial charge in [0, 0.05) is 49.4 Å². The summed E-state index contributed by atoms with van der Waals surface area (Å²) >= 11 is 6.09. The molecule has 2 aromatic heterocycles. The summed E-state index contributed by atoms with van der Waals surface area (Å²) in [6, 6.07) is 1.77. The quantitative estimate of drug-likeness (QED) is 0.409. The van der Waals surface area contributed by atoms with E-state index in [4.69, 9.17) is 22.1 Å². The van der Waals surface area contributed by atoms with Crippen molar-refractivity contribution < 1.29 is 13.9 Å². The van der Waals surface area contributed by atoms with Crippen LogP contribution < -0.4 is 21.7 Å². The molecule has 2 atom stereocenters. The number of nitrogens with zero attached hydrogens (tertiary/aromatic N) is 3. The number of rotatable bonds is 4. The number of aromatic amines is 1. The standard InChI is InChI=1S/C20H24ClFN8O2/c21-11-5-12-13(7-26-16(12)25-6-11)17-27-8-14(22)18(28-17)29-20(23)1-3-30(10-20)19(31)15-9-24-2-4-32-15/h5-7,15,24,29H,1-4,8-10,23H2,(H,25,26)(H,27,28)/t15?,20-/m0/s1. The molecule has 6 N–H and O–H groups in total. The van der Waals surface area contributed by atoms with Crippen LogP contribution in [-0.2, 0) is 9.53 Å². The molecule has 1 unspecified atom stereocenters. The highest BCUT2D eigenvalue weighted by molar-refractivity contribution is 6.31. The fourth-order valence-electron chi connectivity index (χ4n) is 4.18. The van der Waals surface area contributed by atoms with E-state index in [2.05, 4.69) is 30.9 Å². The van der Waals surface area contributed by atoms with Crippen LogP contribution in [0.1, 0.15) is 12.0 Å². The molecule has 0 radical (unpaired) electrons. The number of amidine groups is 1. The molecule has 0 saturated carbocycles. The van der Waals surface area contributed by atoms with Crippen molar-refractivity contribution in [2.75, 3.05) is 39.3 Å². The molecule has 0 aromatic carbocycles. The minimum atomic E-state index is -0.981. The maximum atomic E-state index is 14.7. The number of amides is 1. The molecule has 5 heterocycles. The lowest BCUT2D eigenvalue weighted by atomic mass is 10.1.